The van der Waals surface area contributed by atoms with E-state index in [0.29, 0.717) is 11.7 Å². The summed E-state index contributed by atoms with van der Waals surface area (Å²) < 4.78 is 0. The van der Waals surface area contributed by atoms with Crippen LogP contribution in [0.5, 0.6) is 5.75 Å². The van der Waals surface area contributed by atoms with Gasteiger partial charge in [-0.15, -0.1) is 0 Å². The molecule has 0 aliphatic heterocycles. The molecule has 0 amide bonds. The van der Waals surface area contributed by atoms with Gasteiger partial charge in [-0.2, -0.15) is 0 Å². The molecule has 0 bridgehead atoms. The molecular formula is C14H20O2. The number of aromatic hydroxyl groups is 1. The van der Waals surface area contributed by atoms with Gasteiger partial charge < -0.3 is 10.2 Å². The Morgan fingerprint density at radius 2 is 2.06 bits per heavy atom. The highest BCUT2D eigenvalue weighted by molar-refractivity contribution is 5.29. The van der Waals surface area contributed by atoms with Crippen molar-refractivity contribution in [1.82, 2.24) is 0 Å². The molecule has 0 aliphatic carbocycles. The minimum Gasteiger partial charge on any atom is -0.508 e. The zero-order valence-corrected chi connectivity index (χ0v) is 10.1. The predicted octanol–water partition coefficient (Wildman–Crippen LogP) is 3.21. The molecule has 0 aliphatic rings. The minimum absolute atomic E-state index is 0.302. The first kappa shape index (κ1) is 12.8. The van der Waals surface area contributed by atoms with Gasteiger partial charge >= 0.3 is 0 Å². The van der Waals surface area contributed by atoms with Crippen LogP contribution in [0.3, 0.4) is 0 Å². The first-order valence-corrected chi connectivity index (χ1v) is 5.57. The molecule has 1 rings (SSSR count). The second-order valence-electron chi connectivity index (χ2n) is 4.79. The lowest BCUT2D eigenvalue weighted by atomic mass is 9.96. The van der Waals surface area contributed by atoms with E-state index in [4.69, 9.17) is 0 Å². The van der Waals surface area contributed by atoms with Gasteiger partial charge in [0, 0.05) is 0 Å². The van der Waals surface area contributed by atoms with Crippen molar-refractivity contribution in [3.63, 3.8) is 0 Å². The fraction of sp³-hybridized carbons (Fsp3) is 0.429. The molecule has 0 saturated heterocycles. The number of hydrogen-bond acceptors (Lipinski definition) is 2. The second kappa shape index (κ2) is 5.17. The van der Waals surface area contributed by atoms with Crippen molar-refractivity contribution < 1.29 is 10.2 Å². The topological polar surface area (TPSA) is 40.5 Å². The molecule has 1 aromatic carbocycles. The van der Waals surface area contributed by atoms with Gasteiger partial charge in [0.15, 0.2) is 0 Å². The molecular weight excluding hydrogens is 200 g/mol. The summed E-state index contributed by atoms with van der Waals surface area (Å²) in [6.45, 7) is 5.61. The van der Waals surface area contributed by atoms with Gasteiger partial charge in [-0.25, -0.2) is 0 Å². The summed E-state index contributed by atoms with van der Waals surface area (Å²) in [5.74, 6) is 0.640. The molecule has 1 atom stereocenters. The monoisotopic (exact) mass is 220 g/mol. The van der Waals surface area contributed by atoms with E-state index >= 15 is 0 Å². The molecule has 0 radical (unpaired) electrons. The zero-order chi connectivity index (χ0) is 12.2. The van der Waals surface area contributed by atoms with Crippen LogP contribution in [0, 0.1) is 0 Å². The van der Waals surface area contributed by atoms with Gasteiger partial charge in [0.1, 0.15) is 5.75 Å². The Morgan fingerprint density at radius 3 is 2.62 bits per heavy atom. The van der Waals surface area contributed by atoms with Crippen molar-refractivity contribution in [3.8, 4) is 5.75 Å². The van der Waals surface area contributed by atoms with Gasteiger partial charge in [0.05, 0.1) is 5.60 Å². The number of rotatable bonds is 4. The van der Waals surface area contributed by atoms with E-state index in [2.05, 4.69) is 6.92 Å². The van der Waals surface area contributed by atoms with Crippen molar-refractivity contribution in [2.45, 2.75) is 38.7 Å². The molecule has 2 heteroatoms. The molecule has 0 fully saturated rings. The van der Waals surface area contributed by atoms with E-state index in [1.165, 1.54) is 0 Å². The van der Waals surface area contributed by atoms with Crippen LogP contribution in [-0.2, 0) is 0 Å². The molecule has 2 N–H and O–H groups in total. The minimum atomic E-state index is -0.751. The van der Waals surface area contributed by atoms with Crippen LogP contribution in [0.25, 0.3) is 0 Å². The Hall–Kier alpha value is -1.28. The predicted molar refractivity (Wildman–Crippen MR) is 66.6 cm³/mol. The summed E-state index contributed by atoms with van der Waals surface area (Å²) >= 11 is 0. The average Bonchev–Trinajstić information content (AvgIpc) is 2.15. The van der Waals surface area contributed by atoms with Crippen molar-refractivity contribution in [2.24, 2.45) is 0 Å². The first-order chi connectivity index (χ1) is 7.38. The third-order valence-corrected chi connectivity index (χ3v) is 2.45. The van der Waals surface area contributed by atoms with Crippen molar-refractivity contribution >= 4 is 0 Å². The van der Waals surface area contributed by atoms with Crippen LogP contribution in [0.15, 0.2) is 36.4 Å². The second-order valence-corrected chi connectivity index (χ2v) is 4.79. The lowest BCUT2D eigenvalue weighted by molar-refractivity contribution is 0.133. The quantitative estimate of drug-likeness (QED) is 0.765. The van der Waals surface area contributed by atoms with Gasteiger partial charge in [0.2, 0.25) is 0 Å². The highest BCUT2D eigenvalue weighted by atomic mass is 16.3. The number of hydrogen-bond donors (Lipinski definition) is 2. The SMILES string of the molecule is CC(CC=CC(C)(C)O)c1cccc(O)c1. The smallest absolute Gasteiger partial charge is 0.115 e. The van der Waals surface area contributed by atoms with Gasteiger partial charge in [0.25, 0.3) is 0 Å². The number of phenolic OH excluding ortho intramolecular Hbond substituents is 1. The van der Waals surface area contributed by atoms with Crippen molar-refractivity contribution in [3.05, 3.63) is 42.0 Å². The number of phenols is 1. The van der Waals surface area contributed by atoms with Gasteiger partial charge in [-0.1, -0.05) is 31.2 Å². The average molecular weight is 220 g/mol. The molecule has 0 saturated carbocycles. The van der Waals surface area contributed by atoms with Crippen LogP contribution in [-0.4, -0.2) is 15.8 Å². The van der Waals surface area contributed by atoms with E-state index in [-0.39, 0.29) is 0 Å². The maximum absolute atomic E-state index is 9.52. The first-order valence-electron chi connectivity index (χ1n) is 5.57. The normalized spacial score (nSPS) is 14.2. The number of aliphatic hydroxyl groups is 1. The molecule has 16 heavy (non-hydrogen) atoms. The molecule has 0 heterocycles. The largest absolute Gasteiger partial charge is 0.508 e. The van der Waals surface area contributed by atoms with Crippen LogP contribution >= 0.6 is 0 Å². The van der Waals surface area contributed by atoms with E-state index < -0.39 is 5.60 Å². The van der Waals surface area contributed by atoms with E-state index in [1.807, 2.05) is 18.2 Å². The van der Waals surface area contributed by atoms with Gasteiger partial charge in [-0.3, -0.25) is 0 Å². The third-order valence-electron chi connectivity index (χ3n) is 2.45. The third kappa shape index (κ3) is 4.49. The van der Waals surface area contributed by atoms with Gasteiger partial charge in [-0.05, 0) is 43.9 Å². The molecule has 88 valence electrons. The summed E-state index contributed by atoms with van der Waals surface area (Å²) in [6.07, 6.45) is 4.63. The highest BCUT2D eigenvalue weighted by Crippen LogP contribution is 2.23. The Bertz CT molecular complexity index is 361. The summed E-state index contributed by atoms with van der Waals surface area (Å²) in [6, 6.07) is 7.30. The van der Waals surface area contributed by atoms with Crippen LogP contribution in [0.2, 0.25) is 0 Å². The van der Waals surface area contributed by atoms with Crippen LogP contribution in [0.4, 0.5) is 0 Å². The molecule has 2 nitrogen and oxygen atoms in total. The molecule has 1 aromatic rings. The number of allylic oxidation sites excluding steroid dienone is 1. The fourth-order valence-corrected chi connectivity index (χ4v) is 1.53. The zero-order valence-electron chi connectivity index (χ0n) is 10.1. The van der Waals surface area contributed by atoms with Crippen LogP contribution < -0.4 is 0 Å². The lowest BCUT2D eigenvalue weighted by Gasteiger charge is -2.12. The standard InChI is InChI=1S/C14H20O2/c1-11(6-5-9-14(2,3)16)12-7-4-8-13(15)10-12/h4-5,7-11,15-16H,6H2,1-3H3. The fourth-order valence-electron chi connectivity index (χ4n) is 1.53. The summed E-state index contributed by atoms with van der Waals surface area (Å²) in [5.41, 5.74) is 0.360. The molecule has 0 aromatic heterocycles. The van der Waals surface area contributed by atoms with Crippen LogP contribution in [0.1, 0.15) is 38.7 Å². The lowest BCUT2D eigenvalue weighted by Crippen LogP contribution is -2.13. The van der Waals surface area contributed by atoms with E-state index in [0.717, 1.165) is 12.0 Å². The molecule has 1 unspecified atom stereocenters. The Balaban J connectivity index is 2.60. The number of benzene rings is 1. The Labute approximate surface area is 97.2 Å². The maximum atomic E-state index is 9.52. The Kier molecular flexibility index (Phi) is 4.13. The van der Waals surface area contributed by atoms with E-state index in [1.54, 1.807) is 32.1 Å². The van der Waals surface area contributed by atoms with E-state index in [9.17, 15) is 10.2 Å². The molecule has 0 spiro atoms. The highest BCUT2D eigenvalue weighted by Gasteiger charge is 2.07. The Morgan fingerprint density at radius 1 is 1.38 bits per heavy atom. The maximum Gasteiger partial charge on any atom is 0.115 e. The van der Waals surface area contributed by atoms with Crippen molar-refractivity contribution in [2.75, 3.05) is 0 Å². The summed E-state index contributed by atoms with van der Waals surface area (Å²) in [7, 11) is 0. The summed E-state index contributed by atoms with van der Waals surface area (Å²) in [4.78, 5) is 0. The summed E-state index contributed by atoms with van der Waals surface area (Å²) in [5, 5.41) is 18.9. The van der Waals surface area contributed by atoms with Crippen molar-refractivity contribution in [1.29, 1.82) is 0 Å².